The molecule has 0 spiro atoms. The summed E-state index contributed by atoms with van der Waals surface area (Å²) in [6.45, 7) is 5.56. The van der Waals surface area contributed by atoms with Crippen LogP contribution in [0.3, 0.4) is 0 Å². The summed E-state index contributed by atoms with van der Waals surface area (Å²) in [5.74, 6) is 0.0592. The number of benzene rings is 1. The van der Waals surface area contributed by atoms with Gasteiger partial charge < -0.3 is 9.64 Å². The van der Waals surface area contributed by atoms with E-state index in [-0.39, 0.29) is 11.7 Å². The number of nitro benzene ring substituents is 1. The maximum absolute atomic E-state index is 12.1. The zero-order chi connectivity index (χ0) is 16.8. The van der Waals surface area contributed by atoms with Crippen molar-refractivity contribution in [1.82, 2.24) is 4.90 Å². The Hall–Kier alpha value is -2.37. The van der Waals surface area contributed by atoms with Crippen LogP contribution in [0.5, 0.6) is 0 Å². The van der Waals surface area contributed by atoms with E-state index >= 15 is 0 Å². The predicted octanol–water partition coefficient (Wildman–Crippen LogP) is 3.39. The molecule has 0 bridgehead atoms. The molecule has 1 heterocycles. The molecule has 0 fully saturated rings. The molecule has 6 heteroatoms. The van der Waals surface area contributed by atoms with Crippen molar-refractivity contribution < 1.29 is 14.5 Å². The number of ether oxygens (including phenoxy) is 1. The van der Waals surface area contributed by atoms with Gasteiger partial charge in [-0.1, -0.05) is 19.9 Å². The van der Waals surface area contributed by atoms with Crippen molar-refractivity contribution in [2.24, 2.45) is 5.92 Å². The number of non-ortho nitro benzene ring substituents is 1. The van der Waals surface area contributed by atoms with Gasteiger partial charge in [-0.3, -0.25) is 10.1 Å². The highest BCUT2D eigenvalue weighted by molar-refractivity contribution is 5.89. The van der Waals surface area contributed by atoms with E-state index in [1.807, 2.05) is 0 Å². The smallest absolute Gasteiger partial charge is 0.338 e. The van der Waals surface area contributed by atoms with Gasteiger partial charge in [0.1, 0.15) is 6.61 Å². The first-order valence-corrected chi connectivity index (χ1v) is 7.81. The molecule has 0 saturated heterocycles. The van der Waals surface area contributed by atoms with Gasteiger partial charge in [0.2, 0.25) is 0 Å². The lowest BCUT2D eigenvalue weighted by Gasteiger charge is -2.29. The second-order valence-corrected chi connectivity index (χ2v) is 6.10. The second kappa shape index (κ2) is 7.76. The number of nitrogens with zero attached hydrogens (tertiary/aromatic N) is 2. The summed E-state index contributed by atoms with van der Waals surface area (Å²) in [7, 11) is 0. The van der Waals surface area contributed by atoms with E-state index < -0.39 is 10.9 Å². The highest BCUT2D eigenvalue weighted by Crippen LogP contribution is 2.18. The quantitative estimate of drug-likeness (QED) is 0.438. The number of rotatable bonds is 7. The molecule has 0 unspecified atom stereocenters. The second-order valence-electron chi connectivity index (χ2n) is 6.10. The Kier molecular flexibility index (Phi) is 5.73. The average molecular weight is 318 g/mol. The van der Waals surface area contributed by atoms with Gasteiger partial charge in [-0.2, -0.15) is 0 Å². The van der Waals surface area contributed by atoms with Gasteiger partial charge >= 0.3 is 5.97 Å². The molecular formula is C17H22N2O4. The van der Waals surface area contributed by atoms with E-state index in [4.69, 9.17) is 4.74 Å². The lowest BCUT2D eigenvalue weighted by atomic mass is 10.0. The number of carbonyl (C=O) groups excluding carboxylic acids is 1. The standard InChI is InChI=1S/C17H22N2O4/c1-13(2)11-16(18-9-3-4-10-18)12-23-17(20)14-5-7-15(8-6-14)19(21)22/h3,5-9,13,16H,4,10-12H2,1-2H3/t16-/m0/s1. The molecule has 23 heavy (non-hydrogen) atoms. The largest absolute Gasteiger partial charge is 0.460 e. The maximum atomic E-state index is 12.1. The maximum Gasteiger partial charge on any atom is 0.338 e. The Bertz CT molecular complexity index is 581. The molecule has 6 nitrogen and oxygen atoms in total. The molecule has 1 aromatic carbocycles. The van der Waals surface area contributed by atoms with E-state index in [1.165, 1.54) is 24.3 Å². The minimum atomic E-state index is -0.493. The van der Waals surface area contributed by atoms with Crippen LogP contribution in [0.2, 0.25) is 0 Å². The van der Waals surface area contributed by atoms with Crippen molar-refractivity contribution in [3.05, 3.63) is 52.2 Å². The van der Waals surface area contributed by atoms with Gasteiger partial charge in [-0.05, 0) is 37.1 Å². The Morgan fingerprint density at radius 2 is 2.04 bits per heavy atom. The molecule has 1 aromatic rings. The summed E-state index contributed by atoms with van der Waals surface area (Å²) in [6, 6.07) is 5.63. The summed E-state index contributed by atoms with van der Waals surface area (Å²) in [4.78, 5) is 24.4. The van der Waals surface area contributed by atoms with Crippen LogP contribution in [-0.2, 0) is 4.74 Å². The fourth-order valence-corrected chi connectivity index (χ4v) is 2.63. The van der Waals surface area contributed by atoms with Crippen molar-refractivity contribution in [3.63, 3.8) is 0 Å². The van der Waals surface area contributed by atoms with Gasteiger partial charge in [0.25, 0.3) is 5.69 Å². The third-order valence-electron chi connectivity index (χ3n) is 3.78. The molecule has 124 valence electrons. The third kappa shape index (κ3) is 4.81. The molecule has 0 saturated carbocycles. The van der Waals surface area contributed by atoms with Crippen molar-refractivity contribution >= 4 is 11.7 Å². The van der Waals surface area contributed by atoms with Gasteiger partial charge in [0.15, 0.2) is 0 Å². The van der Waals surface area contributed by atoms with Gasteiger partial charge in [-0.25, -0.2) is 4.79 Å². The van der Waals surface area contributed by atoms with Crippen LogP contribution >= 0.6 is 0 Å². The first-order valence-electron chi connectivity index (χ1n) is 7.81. The molecule has 0 aliphatic carbocycles. The number of carbonyl (C=O) groups is 1. The topological polar surface area (TPSA) is 72.7 Å². The summed E-state index contributed by atoms with van der Waals surface area (Å²) < 4.78 is 5.42. The molecule has 1 aliphatic rings. The van der Waals surface area contributed by atoms with Gasteiger partial charge in [-0.15, -0.1) is 0 Å². The lowest BCUT2D eigenvalue weighted by molar-refractivity contribution is -0.384. The fourth-order valence-electron chi connectivity index (χ4n) is 2.63. The third-order valence-corrected chi connectivity index (χ3v) is 3.78. The van der Waals surface area contributed by atoms with Crippen molar-refractivity contribution in [3.8, 4) is 0 Å². The van der Waals surface area contributed by atoms with E-state index in [0.717, 1.165) is 19.4 Å². The minimum Gasteiger partial charge on any atom is -0.460 e. The van der Waals surface area contributed by atoms with Crippen LogP contribution in [0.25, 0.3) is 0 Å². The summed E-state index contributed by atoms with van der Waals surface area (Å²) in [5.41, 5.74) is 0.289. The number of hydrogen-bond acceptors (Lipinski definition) is 5. The fraction of sp³-hybridized carbons (Fsp3) is 0.471. The van der Waals surface area contributed by atoms with Crippen LogP contribution < -0.4 is 0 Å². The van der Waals surface area contributed by atoms with Crippen LogP contribution in [0.4, 0.5) is 5.69 Å². The monoisotopic (exact) mass is 318 g/mol. The molecule has 1 atom stereocenters. The van der Waals surface area contributed by atoms with Crippen LogP contribution in [-0.4, -0.2) is 35.0 Å². The summed E-state index contributed by atoms with van der Waals surface area (Å²) in [6.07, 6.45) is 6.14. The van der Waals surface area contributed by atoms with E-state index in [1.54, 1.807) is 0 Å². The molecule has 0 radical (unpaired) electrons. The average Bonchev–Trinajstić information content (AvgIpc) is 3.05. The lowest BCUT2D eigenvalue weighted by Crippen LogP contribution is -2.35. The molecule has 2 rings (SSSR count). The molecule has 0 N–H and O–H groups in total. The van der Waals surface area contributed by atoms with E-state index in [2.05, 4.69) is 31.0 Å². The van der Waals surface area contributed by atoms with Gasteiger partial charge in [0.05, 0.1) is 16.5 Å². The molecule has 1 aliphatic heterocycles. The number of hydrogen-bond donors (Lipinski definition) is 0. The highest BCUT2D eigenvalue weighted by atomic mass is 16.6. The Balaban J connectivity index is 1.94. The first kappa shape index (κ1) is 17.0. The van der Waals surface area contributed by atoms with Gasteiger partial charge in [0, 0.05) is 18.7 Å². The van der Waals surface area contributed by atoms with Crippen molar-refractivity contribution in [2.75, 3.05) is 13.2 Å². The molecule has 0 aromatic heterocycles. The van der Waals surface area contributed by atoms with Crippen LogP contribution in [0, 0.1) is 16.0 Å². The first-order chi connectivity index (χ1) is 11.0. The minimum absolute atomic E-state index is 0.0403. The Morgan fingerprint density at radius 1 is 1.35 bits per heavy atom. The van der Waals surface area contributed by atoms with Crippen molar-refractivity contribution in [2.45, 2.75) is 32.7 Å². The van der Waals surface area contributed by atoms with Crippen molar-refractivity contribution in [1.29, 1.82) is 0 Å². The van der Waals surface area contributed by atoms with Crippen LogP contribution in [0.15, 0.2) is 36.5 Å². The Morgan fingerprint density at radius 3 is 2.57 bits per heavy atom. The normalized spacial score (nSPS) is 15.0. The summed E-state index contributed by atoms with van der Waals surface area (Å²) in [5, 5.41) is 10.6. The predicted molar refractivity (Wildman–Crippen MR) is 87.1 cm³/mol. The Labute approximate surface area is 135 Å². The molecular weight excluding hydrogens is 296 g/mol. The zero-order valence-electron chi connectivity index (χ0n) is 13.5. The number of nitro groups is 1. The van der Waals surface area contributed by atoms with E-state index in [0.29, 0.717) is 18.1 Å². The highest BCUT2D eigenvalue weighted by Gasteiger charge is 2.21. The summed E-state index contributed by atoms with van der Waals surface area (Å²) >= 11 is 0. The van der Waals surface area contributed by atoms with Crippen LogP contribution in [0.1, 0.15) is 37.0 Å². The molecule has 0 amide bonds. The SMILES string of the molecule is CC(C)C[C@@H](COC(=O)c1ccc([N+](=O)[O-])cc1)N1C=CCC1. The zero-order valence-corrected chi connectivity index (χ0v) is 13.5. The number of esters is 1. The van der Waals surface area contributed by atoms with E-state index in [9.17, 15) is 14.9 Å².